The number of aromatic nitrogens is 1. The van der Waals surface area contributed by atoms with Gasteiger partial charge in [-0.1, -0.05) is 31.1 Å². The van der Waals surface area contributed by atoms with E-state index >= 15 is 0 Å². The van der Waals surface area contributed by atoms with Crippen LogP contribution in [0.1, 0.15) is 19.8 Å². The molecule has 4 heteroatoms. The summed E-state index contributed by atoms with van der Waals surface area (Å²) in [4.78, 5) is 3.78. The zero-order valence-electron chi connectivity index (χ0n) is 7.79. The van der Waals surface area contributed by atoms with Gasteiger partial charge in [0.15, 0.2) is 0 Å². The third-order valence-corrected chi connectivity index (χ3v) is 2.51. The van der Waals surface area contributed by atoms with Crippen LogP contribution in [0.25, 0.3) is 0 Å². The van der Waals surface area contributed by atoms with E-state index in [0.717, 1.165) is 0 Å². The Balaban J connectivity index is 0. The van der Waals surface area contributed by atoms with Gasteiger partial charge in [-0.25, -0.2) is 0 Å². The van der Waals surface area contributed by atoms with Crippen LogP contribution in [0.15, 0.2) is 30.6 Å². The molecule has 73 valence electrons. The average Bonchev–Trinajstić information content (AvgIpc) is 2.18. The molecule has 0 aliphatic carbocycles. The van der Waals surface area contributed by atoms with Gasteiger partial charge in [-0.3, -0.25) is 15.0 Å². The minimum Gasteiger partial charge on any atom is -1.00 e. The van der Waals surface area contributed by atoms with Crippen molar-refractivity contribution >= 4 is 24.3 Å². The molecule has 0 fully saturated rings. The van der Waals surface area contributed by atoms with E-state index in [2.05, 4.69) is 11.9 Å². The Labute approximate surface area is 97.2 Å². The van der Waals surface area contributed by atoms with Crippen LogP contribution in [0.3, 0.4) is 0 Å². The highest BCUT2D eigenvalue weighted by Gasteiger charge is 1.82. The van der Waals surface area contributed by atoms with Gasteiger partial charge in [-0.2, -0.15) is 0 Å². The summed E-state index contributed by atoms with van der Waals surface area (Å²) in [5.41, 5.74) is 0. The molecule has 0 spiro atoms. The number of rotatable bonds is 3. The van der Waals surface area contributed by atoms with Crippen molar-refractivity contribution in [3.8, 4) is 0 Å². The second-order valence-electron chi connectivity index (χ2n) is 2.32. The molecule has 0 aliphatic rings. The van der Waals surface area contributed by atoms with Gasteiger partial charge in [0.1, 0.15) is 0 Å². The van der Waals surface area contributed by atoms with E-state index < -0.39 is 0 Å². The lowest BCUT2D eigenvalue weighted by Crippen LogP contribution is -3.00. The molecule has 0 atom stereocenters. The van der Waals surface area contributed by atoms with Crippen LogP contribution in [0.2, 0.25) is 5.28 Å². The molecule has 0 N–H and O–H groups in total. The molecule has 0 aromatic carbocycles. The maximum Gasteiger partial charge on any atom is 0.355 e. The molecule has 13 heavy (non-hydrogen) atoms. The van der Waals surface area contributed by atoms with Gasteiger partial charge < -0.3 is 12.4 Å². The van der Waals surface area contributed by atoms with Gasteiger partial charge in [0, 0.05) is 12.4 Å². The lowest BCUT2D eigenvalue weighted by molar-refractivity contribution is -0.00000252. The highest BCUT2D eigenvalue weighted by atomic mass is 35.6. The number of hydrogen-bond acceptors (Lipinski definition) is 1. The maximum atomic E-state index is 5.46. The highest BCUT2D eigenvalue weighted by Crippen LogP contribution is 1.93. The summed E-state index contributed by atoms with van der Waals surface area (Å²) in [7, 11) is 5.46. The molecule has 0 amide bonds. The molecule has 1 nitrogen and oxygen atoms in total. The van der Waals surface area contributed by atoms with Crippen molar-refractivity contribution < 1.29 is 12.4 Å². The molecule has 0 bridgehead atoms. The fourth-order valence-electron chi connectivity index (χ4n) is 0.594. The molecule has 0 aliphatic heterocycles. The van der Waals surface area contributed by atoms with Crippen molar-refractivity contribution in [2.24, 2.45) is 0 Å². The highest BCUT2D eigenvalue weighted by molar-refractivity contribution is 6.93. The number of halogens is 2. The molecule has 0 unspecified atom stereocenters. The lowest BCUT2D eigenvalue weighted by Gasteiger charge is -1.82. The normalized spacial score (nSPS) is 7.54. The second kappa shape index (κ2) is 14.8. The third kappa shape index (κ3) is 15.1. The molecule has 1 aromatic heterocycles. The largest absolute Gasteiger partial charge is 1.00 e. The lowest BCUT2D eigenvalue weighted by atomic mass is 10.4. The topological polar surface area (TPSA) is 12.9 Å². The van der Waals surface area contributed by atoms with Gasteiger partial charge in [0.05, 0.1) is 0 Å². The fourth-order valence-corrected chi connectivity index (χ4v) is 1.62. The SMILES string of the molecule is CCC[CH2][Al][Cl].[Cl-].c1ccncc1. The smallest absolute Gasteiger partial charge is 0.355 e. The fraction of sp³-hybridized carbons (Fsp3) is 0.444. The summed E-state index contributed by atoms with van der Waals surface area (Å²) in [6.45, 7) is 2.19. The van der Waals surface area contributed by atoms with Crippen molar-refractivity contribution in [3.05, 3.63) is 30.6 Å². The van der Waals surface area contributed by atoms with E-state index in [1.165, 1.54) is 18.1 Å². The summed E-state index contributed by atoms with van der Waals surface area (Å²) in [5, 5.41) is 1.26. The minimum atomic E-state index is 0. The summed E-state index contributed by atoms with van der Waals surface area (Å²) in [6, 6.07) is 5.72. The van der Waals surface area contributed by atoms with E-state index in [9.17, 15) is 0 Å². The molecule has 1 heterocycles. The van der Waals surface area contributed by atoms with E-state index in [-0.39, 0.29) is 26.7 Å². The first kappa shape index (κ1) is 15.7. The van der Waals surface area contributed by atoms with E-state index in [0.29, 0.717) is 0 Å². The molecule has 1 radical (unpaired) electrons. The van der Waals surface area contributed by atoms with E-state index in [1.54, 1.807) is 12.4 Å². The number of nitrogens with zero attached hydrogens (tertiary/aromatic N) is 1. The monoisotopic (exact) mass is 233 g/mol. The van der Waals surface area contributed by atoms with Crippen LogP contribution in [0, 0.1) is 0 Å². The van der Waals surface area contributed by atoms with E-state index in [4.69, 9.17) is 10.0 Å². The molecule has 1 aromatic rings. The molecular weight excluding hydrogens is 220 g/mol. The zero-order valence-corrected chi connectivity index (χ0v) is 10.5. The summed E-state index contributed by atoms with van der Waals surface area (Å²) < 4.78 is 0. The third-order valence-electron chi connectivity index (χ3n) is 1.23. The van der Waals surface area contributed by atoms with Crippen molar-refractivity contribution in [1.29, 1.82) is 0 Å². The van der Waals surface area contributed by atoms with Gasteiger partial charge in [0.25, 0.3) is 0 Å². The number of pyridine rings is 1. The van der Waals surface area contributed by atoms with Crippen molar-refractivity contribution in [3.63, 3.8) is 0 Å². The molecular formula is C9H14AlCl2N-. The Bertz CT molecular complexity index is 130. The average molecular weight is 234 g/mol. The van der Waals surface area contributed by atoms with Crippen LogP contribution in [0.4, 0.5) is 0 Å². The maximum absolute atomic E-state index is 5.46. The van der Waals surface area contributed by atoms with E-state index in [1.807, 2.05) is 18.2 Å². The van der Waals surface area contributed by atoms with Crippen molar-refractivity contribution in [2.45, 2.75) is 25.0 Å². The first-order valence-corrected chi connectivity index (χ1v) is 6.75. The van der Waals surface area contributed by atoms with Gasteiger partial charge >= 0.3 is 14.3 Å². The summed E-state index contributed by atoms with van der Waals surface area (Å²) in [6.07, 6.45) is 6.11. The van der Waals surface area contributed by atoms with Gasteiger partial charge in [-0.05, 0) is 12.1 Å². The van der Waals surface area contributed by atoms with Crippen molar-refractivity contribution in [2.75, 3.05) is 0 Å². The van der Waals surface area contributed by atoms with Gasteiger partial charge in [-0.15, -0.1) is 0 Å². The standard InChI is InChI=1S/C5H5N.C4H9.Al.2ClH/c1-2-4-6-5-3-1;1-3-4-2;;;/h1-5H;1,3-4H2,2H3;;2*1H/q;;+1;;/p-2. The zero-order chi connectivity index (χ0) is 9.07. The Morgan fingerprint density at radius 2 is 1.85 bits per heavy atom. The Hall–Kier alpha value is 0.262. The van der Waals surface area contributed by atoms with Gasteiger partial charge in [0.2, 0.25) is 0 Å². The Morgan fingerprint density at radius 3 is 2.00 bits per heavy atom. The second-order valence-corrected chi connectivity index (χ2v) is 4.13. The summed E-state index contributed by atoms with van der Waals surface area (Å²) >= 11 is 0.256. The van der Waals surface area contributed by atoms with Crippen LogP contribution < -0.4 is 12.4 Å². The minimum absolute atomic E-state index is 0. The predicted octanol–water partition coefficient (Wildman–Crippen LogP) is 0.148. The Kier molecular flexibility index (Phi) is 17.9. The molecule has 0 saturated carbocycles. The van der Waals surface area contributed by atoms with Crippen molar-refractivity contribution in [1.82, 2.24) is 4.98 Å². The molecule has 1 rings (SSSR count). The quantitative estimate of drug-likeness (QED) is 0.536. The van der Waals surface area contributed by atoms with Crippen LogP contribution in [0.5, 0.6) is 0 Å². The predicted molar refractivity (Wildman–Crippen MR) is 55.6 cm³/mol. The summed E-state index contributed by atoms with van der Waals surface area (Å²) in [5.74, 6) is 0. The van der Waals surface area contributed by atoms with Crippen LogP contribution in [-0.2, 0) is 0 Å². The number of hydrogen-bond donors (Lipinski definition) is 0. The van der Waals surface area contributed by atoms with Crippen LogP contribution >= 0.6 is 10.0 Å². The molecule has 0 saturated heterocycles. The van der Waals surface area contributed by atoms with Crippen LogP contribution in [-0.4, -0.2) is 19.3 Å². The number of unbranched alkanes of at least 4 members (excludes halogenated alkanes) is 1. The first-order chi connectivity index (χ1) is 5.91. The Morgan fingerprint density at radius 1 is 1.23 bits per heavy atom. The first-order valence-electron chi connectivity index (χ1n) is 4.18.